The first-order valence-electron chi connectivity index (χ1n) is 8.36. The molecular formula is C18H27BrN2. The number of nitrogens with one attached hydrogen (secondary N) is 1. The van der Waals surface area contributed by atoms with Crippen LogP contribution in [0.5, 0.6) is 0 Å². The molecule has 1 saturated carbocycles. The molecule has 0 unspecified atom stereocenters. The van der Waals surface area contributed by atoms with E-state index in [-0.39, 0.29) is 0 Å². The molecule has 0 amide bonds. The Morgan fingerprint density at radius 3 is 2.38 bits per heavy atom. The Labute approximate surface area is 137 Å². The second kappa shape index (κ2) is 6.29. The normalized spacial score (nSPS) is 22.3. The maximum Gasteiger partial charge on any atom is 0.0372 e. The van der Waals surface area contributed by atoms with Gasteiger partial charge in [-0.3, -0.25) is 0 Å². The molecule has 1 aliphatic heterocycles. The van der Waals surface area contributed by atoms with E-state index < -0.39 is 0 Å². The predicted octanol–water partition coefficient (Wildman–Crippen LogP) is 4.57. The highest BCUT2D eigenvalue weighted by Gasteiger charge is 2.35. The molecule has 3 rings (SSSR count). The molecule has 0 radical (unpaired) electrons. The third kappa shape index (κ3) is 3.29. The summed E-state index contributed by atoms with van der Waals surface area (Å²) in [7, 11) is 0. The highest BCUT2D eigenvalue weighted by molar-refractivity contribution is 9.10. The zero-order chi connectivity index (χ0) is 14.9. The number of halogens is 1. The third-order valence-corrected chi connectivity index (χ3v) is 6.45. The fourth-order valence-electron chi connectivity index (χ4n) is 4.01. The monoisotopic (exact) mass is 350 g/mol. The third-order valence-electron chi connectivity index (χ3n) is 5.20. The van der Waals surface area contributed by atoms with E-state index in [1.165, 1.54) is 79.4 Å². The van der Waals surface area contributed by atoms with Crippen LogP contribution in [0.3, 0.4) is 0 Å². The number of nitrogens with zero attached hydrogens (tertiary/aromatic N) is 1. The molecule has 1 N–H and O–H groups in total. The Hall–Kier alpha value is -0.540. The Morgan fingerprint density at radius 2 is 1.71 bits per heavy atom. The predicted molar refractivity (Wildman–Crippen MR) is 94.3 cm³/mol. The molecule has 1 aliphatic carbocycles. The summed E-state index contributed by atoms with van der Waals surface area (Å²) in [6.45, 7) is 7.92. The average molecular weight is 351 g/mol. The summed E-state index contributed by atoms with van der Waals surface area (Å²) >= 11 is 3.69. The average Bonchev–Trinajstić information content (AvgIpc) is 2.68. The van der Waals surface area contributed by atoms with Crippen molar-refractivity contribution in [3.05, 3.63) is 27.7 Å². The summed E-state index contributed by atoms with van der Waals surface area (Å²) in [5.74, 6) is 0. The number of aryl methyl sites for hydroxylation is 2. The molecule has 2 nitrogen and oxygen atoms in total. The number of rotatable bonds is 1. The summed E-state index contributed by atoms with van der Waals surface area (Å²) in [5, 5.41) is 3.89. The minimum absolute atomic E-state index is 0.365. The Bertz CT molecular complexity index is 483. The number of anilines is 1. The molecule has 0 aromatic heterocycles. The number of hydrogen-bond acceptors (Lipinski definition) is 2. The van der Waals surface area contributed by atoms with E-state index in [4.69, 9.17) is 0 Å². The van der Waals surface area contributed by atoms with Gasteiger partial charge in [-0.05, 0) is 62.9 Å². The van der Waals surface area contributed by atoms with E-state index >= 15 is 0 Å². The van der Waals surface area contributed by atoms with E-state index in [9.17, 15) is 0 Å². The van der Waals surface area contributed by atoms with Gasteiger partial charge in [-0.25, -0.2) is 0 Å². The molecule has 116 valence electrons. The first-order chi connectivity index (χ1) is 10.1. The van der Waals surface area contributed by atoms with E-state index in [1.807, 2.05) is 0 Å². The number of hydrogen-bond donors (Lipinski definition) is 1. The summed E-state index contributed by atoms with van der Waals surface area (Å²) in [5.41, 5.74) is 4.46. The first kappa shape index (κ1) is 15.4. The Balaban J connectivity index is 1.86. The maximum absolute atomic E-state index is 3.89. The lowest BCUT2D eigenvalue weighted by Crippen LogP contribution is -2.52. The van der Waals surface area contributed by atoms with Gasteiger partial charge in [0.05, 0.1) is 0 Å². The molecule has 21 heavy (non-hydrogen) atoms. The summed E-state index contributed by atoms with van der Waals surface area (Å²) in [6, 6.07) is 4.69. The van der Waals surface area contributed by atoms with Crippen molar-refractivity contribution < 1.29 is 0 Å². The van der Waals surface area contributed by atoms with Crippen LogP contribution in [0.15, 0.2) is 16.6 Å². The van der Waals surface area contributed by atoms with Crippen LogP contribution in [0.2, 0.25) is 0 Å². The highest BCUT2D eigenvalue weighted by Crippen LogP contribution is 2.33. The van der Waals surface area contributed by atoms with E-state index in [0.29, 0.717) is 5.54 Å². The standard InChI is InChI=1S/C18H27BrN2/c1-14-11-16(12-15(2)17(14)19)21-10-6-9-20-18(13-21)7-4-3-5-8-18/h11-12,20H,3-10,13H2,1-2H3. The van der Waals surface area contributed by atoms with Gasteiger partial charge in [0, 0.05) is 28.8 Å². The Morgan fingerprint density at radius 1 is 1.05 bits per heavy atom. The van der Waals surface area contributed by atoms with Crippen molar-refractivity contribution in [2.45, 2.75) is 57.9 Å². The van der Waals surface area contributed by atoms with E-state index in [2.05, 4.69) is 52.1 Å². The second-order valence-electron chi connectivity index (χ2n) is 6.94. The molecule has 0 atom stereocenters. The summed E-state index contributed by atoms with van der Waals surface area (Å²) in [4.78, 5) is 2.62. The highest BCUT2D eigenvalue weighted by atomic mass is 79.9. The van der Waals surface area contributed by atoms with Crippen molar-refractivity contribution in [3.63, 3.8) is 0 Å². The van der Waals surface area contributed by atoms with Crippen molar-refractivity contribution in [2.24, 2.45) is 0 Å². The van der Waals surface area contributed by atoms with Crippen LogP contribution in [-0.2, 0) is 0 Å². The van der Waals surface area contributed by atoms with Gasteiger partial charge in [-0.1, -0.05) is 35.2 Å². The van der Waals surface area contributed by atoms with Crippen LogP contribution in [-0.4, -0.2) is 25.2 Å². The van der Waals surface area contributed by atoms with Gasteiger partial charge in [0.25, 0.3) is 0 Å². The first-order valence-corrected chi connectivity index (χ1v) is 9.16. The van der Waals surface area contributed by atoms with Crippen LogP contribution in [0.25, 0.3) is 0 Å². The van der Waals surface area contributed by atoms with Gasteiger partial charge >= 0.3 is 0 Å². The quantitative estimate of drug-likeness (QED) is 0.797. The van der Waals surface area contributed by atoms with Crippen LogP contribution in [0.4, 0.5) is 5.69 Å². The molecule has 2 fully saturated rings. The van der Waals surface area contributed by atoms with Gasteiger partial charge in [-0.2, -0.15) is 0 Å². The topological polar surface area (TPSA) is 15.3 Å². The molecule has 2 aliphatic rings. The molecule has 1 aromatic carbocycles. The second-order valence-corrected chi connectivity index (χ2v) is 7.73. The molecule has 0 bridgehead atoms. The molecule has 1 spiro atoms. The molecule has 3 heteroatoms. The fourth-order valence-corrected chi connectivity index (χ4v) is 4.24. The van der Waals surface area contributed by atoms with Crippen molar-refractivity contribution in [2.75, 3.05) is 24.5 Å². The largest absolute Gasteiger partial charge is 0.370 e. The number of benzene rings is 1. The summed E-state index contributed by atoms with van der Waals surface area (Å²) < 4.78 is 1.26. The molecule has 1 saturated heterocycles. The van der Waals surface area contributed by atoms with E-state index in [0.717, 1.165) is 0 Å². The molecule has 1 aromatic rings. The lowest BCUT2D eigenvalue weighted by molar-refractivity contribution is 0.246. The van der Waals surface area contributed by atoms with Crippen LogP contribution in [0.1, 0.15) is 49.7 Å². The molecule has 1 heterocycles. The van der Waals surface area contributed by atoms with Gasteiger partial charge in [0.2, 0.25) is 0 Å². The van der Waals surface area contributed by atoms with E-state index in [1.54, 1.807) is 0 Å². The smallest absolute Gasteiger partial charge is 0.0372 e. The van der Waals surface area contributed by atoms with Gasteiger partial charge in [-0.15, -0.1) is 0 Å². The molecular weight excluding hydrogens is 324 g/mol. The zero-order valence-electron chi connectivity index (χ0n) is 13.3. The van der Waals surface area contributed by atoms with Crippen LogP contribution >= 0.6 is 15.9 Å². The van der Waals surface area contributed by atoms with Crippen LogP contribution in [0, 0.1) is 13.8 Å². The van der Waals surface area contributed by atoms with Crippen molar-refractivity contribution in [1.82, 2.24) is 5.32 Å². The lowest BCUT2D eigenvalue weighted by Gasteiger charge is -2.40. The van der Waals surface area contributed by atoms with Gasteiger partial charge in [0.15, 0.2) is 0 Å². The SMILES string of the molecule is Cc1cc(N2CCCNC3(CCCCC3)C2)cc(C)c1Br. The lowest BCUT2D eigenvalue weighted by atomic mass is 9.81. The van der Waals surface area contributed by atoms with Crippen molar-refractivity contribution in [1.29, 1.82) is 0 Å². The zero-order valence-corrected chi connectivity index (χ0v) is 14.9. The van der Waals surface area contributed by atoms with Gasteiger partial charge in [0.1, 0.15) is 0 Å². The minimum atomic E-state index is 0.365. The van der Waals surface area contributed by atoms with Crippen molar-refractivity contribution >= 4 is 21.6 Å². The van der Waals surface area contributed by atoms with Gasteiger partial charge < -0.3 is 10.2 Å². The summed E-state index contributed by atoms with van der Waals surface area (Å²) in [6.07, 6.45) is 8.13. The fraction of sp³-hybridized carbons (Fsp3) is 0.667. The van der Waals surface area contributed by atoms with Crippen LogP contribution < -0.4 is 10.2 Å². The van der Waals surface area contributed by atoms with Crippen molar-refractivity contribution in [3.8, 4) is 0 Å². The Kier molecular flexibility index (Phi) is 4.60. The maximum atomic E-state index is 3.89. The minimum Gasteiger partial charge on any atom is -0.370 e.